The zero-order valence-electron chi connectivity index (χ0n) is 8.86. The standard InChI is InChI=1S/C7H10N2O3.CH4NO.Mn/c1-8(10)6-2-4-7(5-3-6)9(11)12;1-2-3;/h2-5,8-9,11H,1H3;2H,1H3;/q;-1;. The second kappa shape index (κ2) is 9.67. The molecule has 1 radical (unpaired) electrons. The molecule has 0 spiro atoms. The summed E-state index contributed by atoms with van der Waals surface area (Å²) in [5.74, 6) is 0. The fraction of sp³-hybridized carbons (Fsp3) is 0.250. The van der Waals surface area contributed by atoms with Crippen LogP contribution in [0.25, 0.3) is 0 Å². The second-order valence-corrected chi connectivity index (χ2v) is 2.64. The third-order valence-electron chi connectivity index (χ3n) is 1.54. The van der Waals surface area contributed by atoms with E-state index in [-0.39, 0.29) is 27.8 Å². The van der Waals surface area contributed by atoms with Gasteiger partial charge in [-0.1, -0.05) is 0 Å². The molecule has 0 amide bonds. The van der Waals surface area contributed by atoms with Gasteiger partial charge in [0.15, 0.2) is 5.69 Å². The van der Waals surface area contributed by atoms with Gasteiger partial charge in [-0.15, -0.1) is 0 Å². The van der Waals surface area contributed by atoms with Crippen LogP contribution in [-0.4, -0.2) is 19.3 Å². The number of quaternary nitrogens is 2. The number of hydroxylamine groups is 2. The first-order chi connectivity index (χ1) is 7.02. The van der Waals surface area contributed by atoms with Crippen LogP contribution >= 0.6 is 0 Å². The largest absolute Gasteiger partial charge is 0.788 e. The summed E-state index contributed by atoms with van der Waals surface area (Å²) in [4.78, 5) is 0. The van der Waals surface area contributed by atoms with Crippen molar-refractivity contribution in [3.63, 3.8) is 0 Å². The summed E-state index contributed by atoms with van der Waals surface area (Å²) in [7, 11) is 2.76. The maximum absolute atomic E-state index is 10.8. The van der Waals surface area contributed by atoms with Crippen molar-refractivity contribution in [2.75, 3.05) is 14.1 Å². The molecule has 1 rings (SSSR count). The molecule has 0 saturated heterocycles. The van der Waals surface area contributed by atoms with Crippen LogP contribution in [0.5, 0.6) is 0 Å². The van der Waals surface area contributed by atoms with Gasteiger partial charge in [-0.3, -0.25) is 0 Å². The number of rotatable bonds is 2. The molecule has 4 N–H and O–H groups in total. The number of hydrogen-bond acceptors (Lipinski definition) is 5. The van der Waals surface area contributed by atoms with Gasteiger partial charge in [0, 0.05) is 41.3 Å². The van der Waals surface area contributed by atoms with E-state index in [2.05, 4.69) is 0 Å². The topological polar surface area (TPSA) is 110 Å². The van der Waals surface area contributed by atoms with Gasteiger partial charge in [-0.2, -0.15) is 5.23 Å². The van der Waals surface area contributed by atoms with E-state index in [9.17, 15) is 10.4 Å². The summed E-state index contributed by atoms with van der Waals surface area (Å²) >= 11 is 0. The van der Waals surface area contributed by atoms with Crippen molar-refractivity contribution in [3.05, 3.63) is 39.9 Å². The second-order valence-electron chi connectivity index (χ2n) is 2.64. The van der Waals surface area contributed by atoms with Gasteiger partial charge in [0.1, 0.15) is 5.69 Å². The van der Waals surface area contributed by atoms with Gasteiger partial charge < -0.3 is 26.2 Å². The van der Waals surface area contributed by atoms with Crippen molar-refractivity contribution in [3.8, 4) is 0 Å². The average molecular weight is 271 g/mol. The summed E-state index contributed by atoms with van der Waals surface area (Å²) in [6, 6.07) is 5.84. The van der Waals surface area contributed by atoms with Gasteiger partial charge in [-0.25, -0.2) is 5.21 Å². The molecule has 0 bridgehead atoms. The molecule has 0 aromatic heterocycles. The Morgan fingerprint density at radius 3 is 1.69 bits per heavy atom. The summed E-state index contributed by atoms with van der Waals surface area (Å²) in [5.41, 5.74) is 2.22. The molecule has 0 heterocycles. The molecule has 0 aliphatic carbocycles. The summed E-state index contributed by atoms with van der Waals surface area (Å²) < 4.78 is 0. The molecule has 93 valence electrons. The van der Waals surface area contributed by atoms with Crippen molar-refractivity contribution >= 4 is 11.4 Å². The van der Waals surface area contributed by atoms with Gasteiger partial charge in [0.05, 0.1) is 7.05 Å². The van der Waals surface area contributed by atoms with Crippen molar-refractivity contribution in [2.45, 2.75) is 0 Å². The van der Waals surface area contributed by atoms with Gasteiger partial charge in [0.25, 0.3) is 0 Å². The zero-order valence-corrected chi connectivity index (χ0v) is 10.0. The van der Waals surface area contributed by atoms with Crippen LogP contribution in [0, 0.1) is 15.6 Å². The number of hydrogen-bond donors (Lipinski definition) is 4. The molecule has 0 aliphatic heterocycles. The van der Waals surface area contributed by atoms with Crippen LogP contribution in [0.15, 0.2) is 24.3 Å². The SMILES string of the molecule is CN[O-].C[NH+]([O-])c1ccc([NH+]([O-])O)cc1.[Mn]. The fourth-order valence-corrected chi connectivity index (χ4v) is 0.848. The Hall–Kier alpha value is -0.541. The molecule has 0 saturated carbocycles. The van der Waals surface area contributed by atoms with Crippen LogP contribution < -0.4 is 15.8 Å². The molecule has 1 aromatic carbocycles. The molecule has 16 heavy (non-hydrogen) atoms. The molecule has 0 aliphatic rings. The average Bonchev–Trinajstić information content (AvgIpc) is 2.19. The van der Waals surface area contributed by atoms with E-state index >= 15 is 0 Å². The monoisotopic (exact) mass is 271 g/mol. The molecular weight excluding hydrogens is 257 g/mol. The maximum Gasteiger partial charge on any atom is 0.164 e. The molecule has 8 heteroatoms. The number of benzene rings is 1. The van der Waals surface area contributed by atoms with Crippen LogP contribution in [0.4, 0.5) is 11.4 Å². The Morgan fingerprint density at radius 1 is 1.12 bits per heavy atom. The van der Waals surface area contributed by atoms with Gasteiger partial charge in [-0.05, 0) is 7.05 Å². The van der Waals surface area contributed by atoms with Crippen LogP contribution in [0.2, 0.25) is 0 Å². The van der Waals surface area contributed by atoms with Crippen LogP contribution in [-0.2, 0) is 17.1 Å². The van der Waals surface area contributed by atoms with E-state index < -0.39 is 5.23 Å². The van der Waals surface area contributed by atoms with Gasteiger partial charge in [0.2, 0.25) is 0 Å². The minimum Gasteiger partial charge on any atom is -0.788 e. The molecule has 2 atom stereocenters. The third kappa shape index (κ3) is 6.85. The van der Waals surface area contributed by atoms with E-state index in [1.54, 1.807) is 0 Å². The first-order valence-corrected chi connectivity index (χ1v) is 4.16. The Morgan fingerprint density at radius 2 is 1.44 bits per heavy atom. The van der Waals surface area contributed by atoms with Crippen LogP contribution in [0.1, 0.15) is 0 Å². The van der Waals surface area contributed by atoms with E-state index in [0.29, 0.717) is 5.69 Å². The number of nitrogens with one attached hydrogen (secondary N) is 3. The van der Waals surface area contributed by atoms with Crippen molar-refractivity contribution in [1.82, 2.24) is 5.48 Å². The first-order valence-electron chi connectivity index (χ1n) is 4.16. The minimum absolute atomic E-state index is 0. The van der Waals surface area contributed by atoms with Crippen molar-refractivity contribution in [1.29, 1.82) is 0 Å². The molecule has 7 nitrogen and oxygen atoms in total. The molecule has 2 unspecified atom stereocenters. The first kappa shape index (κ1) is 17.8. The zero-order chi connectivity index (χ0) is 11.8. The fourth-order valence-electron chi connectivity index (χ4n) is 0.848. The summed E-state index contributed by atoms with van der Waals surface area (Å²) in [5, 5.41) is 37.3. The Bertz CT molecular complexity index is 241. The third-order valence-corrected chi connectivity index (χ3v) is 1.54. The van der Waals surface area contributed by atoms with E-state index in [4.69, 9.17) is 10.4 Å². The molecular formula is C8H14MnN3O4-. The van der Waals surface area contributed by atoms with E-state index in [1.165, 1.54) is 43.8 Å². The van der Waals surface area contributed by atoms with Gasteiger partial charge >= 0.3 is 0 Å². The predicted molar refractivity (Wildman–Crippen MR) is 54.6 cm³/mol. The Labute approximate surface area is 104 Å². The maximum atomic E-state index is 10.8. The van der Waals surface area contributed by atoms with Crippen molar-refractivity contribution < 1.29 is 32.6 Å². The minimum atomic E-state index is -0.981. The molecule has 0 fully saturated rings. The van der Waals surface area contributed by atoms with Crippen LogP contribution in [0.3, 0.4) is 0 Å². The van der Waals surface area contributed by atoms with Crippen molar-refractivity contribution in [2.24, 2.45) is 0 Å². The van der Waals surface area contributed by atoms with E-state index in [1.807, 2.05) is 0 Å². The smallest absolute Gasteiger partial charge is 0.164 e. The Kier molecular flexibility index (Phi) is 10.8. The van der Waals surface area contributed by atoms with E-state index in [0.717, 1.165) is 0 Å². The normalized spacial score (nSPS) is 12.9. The summed E-state index contributed by atoms with van der Waals surface area (Å²) in [6.07, 6.45) is 0. The molecule has 1 aromatic rings. The predicted octanol–water partition coefficient (Wildman–Crippen LogP) is -1.56. The quantitative estimate of drug-likeness (QED) is 0.384. The summed E-state index contributed by atoms with van der Waals surface area (Å²) in [6.45, 7) is 0. The Balaban J connectivity index is 0.